The molecule has 0 atom stereocenters. The number of halogens is 2. The Morgan fingerprint density at radius 3 is 2.69 bits per heavy atom. The van der Waals surface area contributed by atoms with E-state index in [0.717, 1.165) is 20.4 Å². The largest absolute Gasteiger partial charge is 0.276 e. The van der Waals surface area contributed by atoms with Crippen molar-refractivity contribution in [3.8, 4) is 0 Å². The standard InChI is InChI=1S/C10H11Br2NO2S/c11-8-5-7(9(12)16-8)10(14)13-15-6-3-1-2-4-6/h5-6H,1-4H2,(H,13,14). The summed E-state index contributed by atoms with van der Waals surface area (Å²) in [5, 5.41) is 0. The molecule has 1 aliphatic carbocycles. The van der Waals surface area contributed by atoms with Gasteiger partial charge >= 0.3 is 0 Å². The molecule has 0 aliphatic heterocycles. The Balaban J connectivity index is 1.90. The second-order valence-corrected chi connectivity index (χ2v) is 7.44. The highest BCUT2D eigenvalue weighted by Crippen LogP contribution is 2.31. The van der Waals surface area contributed by atoms with Crippen LogP contribution in [0.2, 0.25) is 0 Å². The summed E-state index contributed by atoms with van der Waals surface area (Å²) in [6.45, 7) is 0. The molecule has 0 saturated heterocycles. The van der Waals surface area contributed by atoms with Crippen LogP contribution in [-0.4, -0.2) is 12.0 Å². The van der Waals surface area contributed by atoms with E-state index in [4.69, 9.17) is 4.84 Å². The second-order valence-electron chi connectivity index (χ2n) is 3.69. The van der Waals surface area contributed by atoms with E-state index < -0.39 is 0 Å². The second kappa shape index (κ2) is 5.62. The number of amides is 1. The Labute approximate surface area is 115 Å². The van der Waals surface area contributed by atoms with Gasteiger partial charge in [0.15, 0.2) is 0 Å². The van der Waals surface area contributed by atoms with Crippen molar-refractivity contribution in [3.63, 3.8) is 0 Å². The third-order valence-electron chi connectivity index (χ3n) is 2.52. The lowest BCUT2D eigenvalue weighted by atomic mass is 10.3. The predicted molar refractivity (Wildman–Crippen MR) is 70.5 cm³/mol. The lowest BCUT2D eigenvalue weighted by Crippen LogP contribution is -2.28. The number of hydroxylamine groups is 1. The van der Waals surface area contributed by atoms with Gasteiger partial charge in [-0.3, -0.25) is 9.63 Å². The Morgan fingerprint density at radius 2 is 2.12 bits per heavy atom. The van der Waals surface area contributed by atoms with E-state index in [1.54, 1.807) is 6.07 Å². The number of carbonyl (C=O) groups excluding carboxylic acids is 1. The van der Waals surface area contributed by atoms with E-state index >= 15 is 0 Å². The molecule has 3 nitrogen and oxygen atoms in total. The molecule has 1 N–H and O–H groups in total. The average molecular weight is 369 g/mol. The smallest absolute Gasteiger partial charge is 0.270 e. The van der Waals surface area contributed by atoms with Crippen LogP contribution in [0.4, 0.5) is 0 Å². The van der Waals surface area contributed by atoms with E-state index in [2.05, 4.69) is 37.3 Å². The maximum Gasteiger partial charge on any atom is 0.276 e. The number of carbonyl (C=O) groups is 1. The van der Waals surface area contributed by atoms with E-state index in [1.807, 2.05) is 0 Å². The van der Waals surface area contributed by atoms with Gasteiger partial charge in [-0.25, -0.2) is 5.48 Å². The first-order chi connectivity index (χ1) is 7.66. The van der Waals surface area contributed by atoms with Crippen molar-refractivity contribution in [3.05, 3.63) is 19.2 Å². The first-order valence-corrected chi connectivity index (χ1v) is 7.48. The van der Waals surface area contributed by atoms with E-state index in [1.165, 1.54) is 24.2 Å². The first-order valence-electron chi connectivity index (χ1n) is 5.07. The van der Waals surface area contributed by atoms with Gasteiger partial charge in [-0.05, 0) is 50.8 Å². The highest BCUT2D eigenvalue weighted by molar-refractivity contribution is 9.12. The zero-order valence-corrected chi connectivity index (χ0v) is 12.5. The van der Waals surface area contributed by atoms with Crippen molar-refractivity contribution in [1.82, 2.24) is 5.48 Å². The van der Waals surface area contributed by atoms with Gasteiger partial charge in [-0.2, -0.15) is 0 Å². The number of nitrogens with one attached hydrogen (secondary N) is 1. The van der Waals surface area contributed by atoms with Gasteiger partial charge in [0.2, 0.25) is 0 Å². The minimum atomic E-state index is -0.194. The van der Waals surface area contributed by atoms with Gasteiger partial charge in [0.25, 0.3) is 5.91 Å². The lowest BCUT2D eigenvalue weighted by Gasteiger charge is -2.10. The molecular weight excluding hydrogens is 358 g/mol. The summed E-state index contributed by atoms with van der Waals surface area (Å²) in [6, 6.07) is 1.78. The summed E-state index contributed by atoms with van der Waals surface area (Å²) >= 11 is 8.15. The third-order valence-corrected chi connectivity index (χ3v) is 4.86. The van der Waals surface area contributed by atoms with Gasteiger partial charge in [-0.15, -0.1) is 11.3 Å². The van der Waals surface area contributed by atoms with Crippen molar-refractivity contribution in [2.45, 2.75) is 31.8 Å². The zero-order chi connectivity index (χ0) is 11.5. The molecule has 1 aliphatic rings. The van der Waals surface area contributed by atoms with E-state index in [-0.39, 0.29) is 12.0 Å². The van der Waals surface area contributed by atoms with Crippen LogP contribution in [0.25, 0.3) is 0 Å². The molecular formula is C10H11Br2NO2S. The number of thiophene rings is 1. The molecule has 6 heteroatoms. The number of hydrogen-bond donors (Lipinski definition) is 1. The van der Waals surface area contributed by atoms with Crippen molar-refractivity contribution < 1.29 is 9.63 Å². The molecule has 1 amide bonds. The molecule has 1 aromatic rings. The number of rotatable bonds is 3. The molecule has 1 fully saturated rings. The van der Waals surface area contributed by atoms with Crippen LogP contribution >= 0.6 is 43.2 Å². The summed E-state index contributed by atoms with van der Waals surface area (Å²) in [5.41, 5.74) is 3.12. The SMILES string of the molecule is O=C(NOC1CCCC1)c1cc(Br)sc1Br. The molecule has 16 heavy (non-hydrogen) atoms. The van der Waals surface area contributed by atoms with Gasteiger partial charge < -0.3 is 0 Å². The van der Waals surface area contributed by atoms with Crippen LogP contribution in [0, 0.1) is 0 Å². The normalized spacial score (nSPS) is 16.6. The topological polar surface area (TPSA) is 38.3 Å². The average Bonchev–Trinajstić information content (AvgIpc) is 2.84. The maximum absolute atomic E-state index is 11.8. The Morgan fingerprint density at radius 1 is 1.44 bits per heavy atom. The lowest BCUT2D eigenvalue weighted by molar-refractivity contribution is -0.0125. The molecule has 0 spiro atoms. The molecule has 88 valence electrons. The third kappa shape index (κ3) is 3.06. The van der Waals surface area contributed by atoms with Gasteiger partial charge in [-0.1, -0.05) is 12.8 Å². The quantitative estimate of drug-likeness (QED) is 0.822. The summed E-state index contributed by atoms with van der Waals surface area (Å²) in [4.78, 5) is 17.1. The summed E-state index contributed by atoms with van der Waals surface area (Å²) in [6.07, 6.45) is 4.64. The van der Waals surface area contributed by atoms with E-state index in [0.29, 0.717) is 5.56 Å². The van der Waals surface area contributed by atoms with Crippen molar-refractivity contribution in [2.24, 2.45) is 0 Å². The molecule has 0 radical (unpaired) electrons. The summed E-state index contributed by atoms with van der Waals surface area (Å²) in [7, 11) is 0. The molecule has 0 bridgehead atoms. The minimum Gasteiger partial charge on any atom is -0.270 e. The minimum absolute atomic E-state index is 0.185. The van der Waals surface area contributed by atoms with Crippen molar-refractivity contribution in [2.75, 3.05) is 0 Å². The molecule has 0 aromatic carbocycles. The Kier molecular flexibility index (Phi) is 4.41. The predicted octanol–water partition coefficient (Wildman–Crippen LogP) is 3.88. The van der Waals surface area contributed by atoms with Crippen LogP contribution in [-0.2, 0) is 4.84 Å². The van der Waals surface area contributed by atoms with Crippen LogP contribution in [0.1, 0.15) is 36.0 Å². The highest BCUT2D eigenvalue weighted by atomic mass is 79.9. The summed E-state index contributed by atoms with van der Waals surface area (Å²) in [5.74, 6) is -0.194. The fraction of sp³-hybridized carbons (Fsp3) is 0.500. The van der Waals surface area contributed by atoms with Crippen LogP contribution < -0.4 is 5.48 Å². The van der Waals surface area contributed by atoms with Crippen molar-refractivity contribution in [1.29, 1.82) is 0 Å². The van der Waals surface area contributed by atoms with Gasteiger partial charge in [0.05, 0.1) is 19.2 Å². The Bertz CT molecular complexity index is 388. The number of hydrogen-bond acceptors (Lipinski definition) is 3. The first kappa shape index (κ1) is 12.5. The molecule has 1 aromatic heterocycles. The van der Waals surface area contributed by atoms with Crippen molar-refractivity contribution >= 4 is 49.1 Å². The molecule has 2 rings (SSSR count). The Hall–Kier alpha value is 0.0900. The highest BCUT2D eigenvalue weighted by Gasteiger charge is 2.19. The molecule has 1 saturated carbocycles. The van der Waals surface area contributed by atoms with Crippen LogP contribution in [0.15, 0.2) is 13.6 Å². The van der Waals surface area contributed by atoms with Gasteiger partial charge in [0.1, 0.15) is 0 Å². The zero-order valence-electron chi connectivity index (χ0n) is 8.46. The fourth-order valence-electron chi connectivity index (χ4n) is 1.69. The van der Waals surface area contributed by atoms with Crippen LogP contribution in [0.3, 0.4) is 0 Å². The van der Waals surface area contributed by atoms with Gasteiger partial charge in [0, 0.05) is 0 Å². The summed E-state index contributed by atoms with van der Waals surface area (Å²) < 4.78 is 1.73. The fourth-order valence-corrected chi connectivity index (χ4v) is 4.49. The monoisotopic (exact) mass is 367 g/mol. The molecule has 1 heterocycles. The maximum atomic E-state index is 11.8. The molecule has 0 unspecified atom stereocenters. The van der Waals surface area contributed by atoms with E-state index in [9.17, 15) is 4.79 Å². The van der Waals surface area contributed by atoms with Crippen LogP contribution in [0.5, 0.6) is 0 Å².